The first-order valence-corrected chi connectivity index (χ1v) is 24.8. The normalized spacial score (nSPS) is 13.6. The molecule has 0 aromatic carbocycles. The van der Waals surface area contributed by atoms with Gasteiger partial charge in [-0.1, -0.05) is 185 Å². The molecule has 334 valence electrons. The van der Waals surface area contributed by atoms with Crippen LogP contribution >= 0.6 is 7.82 Å². The molecule has 2 unspecified atom stereocenters. The van der Waals surface area contributed by atoms with Crippen LogP contribution in [-0.4, -0.2) is 68.3 Å². The number of rotatable bonds is 43. The first-order chi connectivity index (χ1) is 27.7. The van der Waals surface area contributed by atoms with Crippen molar-refractivity contribution in [3.63, 3.8) is 0 Å². The lowest BCUT2D eigenvalue weighted by Gasteiger charge is -2.20. The maximum Gasteiger partial charge on any atom is 0.472 e. The number of phosphoric ester groups is 1. The van der Waals surface area contributed by atoms with Crippen molar-refractivity contribution in [1.29, 1.82) is 0 Å². The molecule has 0 aliphatic heterocycles. The summed E-state index contributed by atoms with van der Waals surface area (Å²) in [5.41, 5.74) is 0. The van der Waals surface area contributed by atoms with E-state index in [1.165, 1.54) is 103 Å². The van der Waals surface area contributed by atoms with E-state index >= 15 is 0 Å². The molecule has 57 heavy (non-hydrogen) atoms. The summed E-state index contributed by atoms with van der Waals surface area (Å²) in [6.07, 6.45) is 46.2. The highest BCUT2D eigenvalue weighted by molar-refractivity contribution is 7.47. The molecule has 0 spiro atoms. The van der Waals surface area contributed by atoms with Crippen molar-refractivity contribution in [2.45, 2.75) is 213 Å². The fraction of sp³-hybridized carbons (Fsp3) is 0.830. The second kappa shape index (κ2) is 42.4. The van der Waals surface area contributed by atoms with Gasteiger partial charge in [0.2, 0.25) is 0 Å². The third-order valence-corrected chi connectivity index (χ3v) is 10.9. The van der Waals surface area contributed by atoms with Crippen LogP contribution in [0.3, 0.4) is 0 Å². The van der Waals surface area contributed by atoms with Crippen LogP contribution in [-0.2, 0) is 32.7 Å². The van der Waals surface area contributed by atoms with Crippen molar-refractivity contribution in [3.05, 3.63) is 36.5 Å². The highest BCUT2D eigenvalue weighted by Crippen LogP contribution is 2.43. The van der Waals surface area contributed by atoms with E-state index in [1.807, 2.05) is 19.0 Å². The van der Waals surface area contributed by atoms with Crippen LogP contribution in [0.5, 0.6) is 0 Å². The average molecular weight is 826 g/mol. The van der Waals surface area contributed by atoms with Gasteiger partial charge in [0, 0.05) is 19.4 Å². The number of phosphoric acid groups is 1. The minimum Gasteiger partial charge on any atom is -0.462 e. The fourth-order valence-electron chi connectivity index (χ4n) is 6.41. The summed E-state index contributed by atoms with van der Waals surface area (Å²) in [6.45, 7) is 4.21. The van der Waals surface area contributed by atoms with Gasteiger partial charge < -0.3 is 19.3 Å². The minimum absolute atomic E-state index is 0.00445. The Labute approximate surface area is 350 Å². The molecule has 10 heteroatoms. The van der Waals surface area contributed by atoms with Crippen molar-refractivity contribution in [2.24, 2.45) is 0 Å². The molecule has 0 heterocycles. The van der Waals surface area contributed by atoms with Crippen molar-refractivity contribution < 1.29 is 37.6 Å². The molecule has 0 bridgehead atoms. The molecule has 1 N–H and O–H groups in total. The van der Waals surface area contributed by atoms with Crippen molar-refractivity contribution >= 4 is 19.8 Å². The van der Waals surface area contributed by atoms with Crippen LogP contribution in [0.15, 0.2) is 36.5 Å². The molecule has 0 aliphatic rings. The summed E-state index contributed by atoms with van der Waals surface area (Å²) in [7, 11) is -0.718. The monoisotopic (exact) mass is 826 g/mol. The number of hydrogen-bond acceptors (Lipinski definition) is 8. The average Bonchev–Trinajstić information content (AvgIpc) is 3.18. The molecule has 0 amide bonds. The number of nitrogens with zero attached hydrogens (tertiary/aromatic N) is 1. The van der Waals surface area contributed by atoms with E-state index in [-0.39, 0.29) is 32.0 Å². The highest BCUT2D eigenvalue weighted by atomic mass is 31.2. The Bertz CT molecular complexity index is 1050. The van der Waals surface area contributed by atoms with Gasteiger partial charge >= 0.3 is 19.8 Å². The lowest BCUT2D eigenvalue weighted by molar-refractivity contribution is -0.161. The quantitative estimate of drug-likeness (QED) is 0.0278. The number of likely N-dealkylation sites (N-methyl/N-ethyl adjacent to an activating group) is 1. The Balaban J connectivity index is 4.22. The largest absolute Gasteiger partial charge is 0.472 e. The number of carbonyl (C=O) groups excluding carboxylic acids is 2. The maximum absolute atomic E-state index is 12.7. The number of carbonyl (C=O) groups is 2. The Morgan fingerprint density at radius 2 is 1.00 bits per heavy atom. The van der Waals surface area contributed by atoms with E-state index in [4.69, 9.17) is 18.5 Å². The number of allylic oxidation sites excluding steroid dienone is 6. The molecule has 0 fully saturated rings. The van der Waals surface area contributed by atoms with Crippen LogP contribution in [0.4, 0.5) is 0 Å². The van der Waals surface area contributed by atoms with Crippen LogP contribution in [0.2, 0.25) is 0 Å². The van der Waals surface area contributed by atoms with E-state index in [9.17, 15) is 19.0 Å². The summed E-state index contributed by atoms with van der Waals surface area (Å²) in [5, 5.41) is 0. The van der Waals surface area contributed by atoms with E-state index in [2.05, 4.69) is 50.3 Å². The Kier molecular flexibility index (Phi) is 41.0. The second-order valence-corrected chi connectivity index (χ2v) is 17.4. The highest BCUT2D eigenvalue weighted by Gasteiger charge is 2.26. The van der Waals surface area contributed by atoms with Crippen molar-refractivity contribution in [3.8, 4) is 0 Å². The summed E-state index contributed by atoms with van der Waals surface area (Å²) in [6, 6.07) is 0. The van der Waals surface area contributed by atoms with Crippen LogP contribution in [0, 0.1) is 0 Å². The third-order valence-electron chi connectivity index (χ3n) is 9.96. The van der Waals surface area contributed by atoms with E-state index in [1.54, 1.807) is 0 Å². The summed E-state index contributed by atoms with van der Waals surface area (Å²) < 4.78 is 33.5. The zero-order chi connectivity index (χ0) is 41.9. The first kappa shape index (κ1) is 55.2. The second-order valence-electron chi connectivity index (χ2n) is 15.9. The fourth-order valence-corrected chi connectivity index (χ4v) is 7.15. The SMILES string of the molecule is CC/C=C\C/C=C\C/C=C\CCCCCCCC(=O)OC(COC(=O)CCCCCCCCCCCCCCCCCCCCC)COP(=O)(O)OCCN(C)C. The predicted molar refractivity (Wildman–Crippen MR) is 238 cm³/mol. The van der Waals surface area contributed by atoms with E-state index < -0.39 is 26.5 Å². The van der Waals surface area contributed by atoms with Gasteiger partial charge in [-0.2, -0.15) is 0 Å². The van der Waals surface area contributed by atoms with Crippen molar-refractivity contribution in [1.82, 2.24) is 4.90 Å². The van der Waals surface area contributed by atoms with Crippen molar-refractivity contribution in [2.75, 3.05) is 40.5 Å². The van der Waals surface area contributed by atoms with Crippen LogP contribution in [0.25, 0.3) is 0 Å². The van der Waals surface area contributed by atoms with Gasteiger partial charge in [0.05, 0.1) is 13.2 Å². The van der Waals surface area contributed by atoms with E-state index in [0.717, 1.165) is 70.6 Å². The lowest BCUT2D eigenvalue weighted by atomic mass is 10.0. The maximum atomic E-state index is 12.7. The topological polar surface area (TPSA) is 112 Å². The zero-order valence-electron chi connectivity index (χ0n) is 37.3. The number of esters is 2. The molecule has 0 aromatic heterocycles. The number of unbranched alkanes of at least 4 members (excludes halogenated alkanes) is 23. The Morgan fingerprint density at radius 3 is 1.49 bits per heavy atom. The molecule has 9 nitrogen and oxygen atoms in total. The smallest absolute Gasteiger partial charge is 0.462 e. The minimum atomic E-state index is -4.37. The standard InChI is InChI=1S/C47H88NO8P/c1-5-7-9-11-13-15-17-19-21-22-23-24-26-27-29-31-33-35-37-39-46(49)53-43-45(44-55-57(51,52)54-42-41-48(3)4)56-47(50)40-38-36-34-32-30-28-25-20-18-16-14-12-10-8-6-2/h8,10,14,16,20,25,45H,5-7,9,11-13,15,17-19,21-24,26-44H2,1-4H3,(H,51,52)/b10-8-,16-14-,25-20-. The molecule has 0 rings (SSSR count). The molecule has 0 aliphatic carbocycles. The molecule has 0 radical (unpaired) electrons. The van der Waals surface area contributed by atoms with Gasteiger partial charge in [0.25, 0.3) is 0 Å². The van der Waals surface area contributed by atoms with Gasteiger partial charge in [0.1, 0.15) is 6.61 Å². The number of ether oxygens (including phenoxy) is 2. The first-order valence-electron chi connectivity index (χ1n) is 23.3. The zero-order valence-corrected chi connectivity index (χ0v) is 38.2. The lowest BCUT2D eigenvalue weighted by Crippen LogP contribution is -2.29. The van der Waals surface area contributed by atoms with E-state index in [0.29, 0.717) is 13.0 Å². The molecular formula is C47H88NO8P. The van der Waals surface area contributed by atoms with Gasteiger partial charge in [-0.15, -0.1) is 0 Å². The Hall–Kier alpha value is -1.77. The third kappa shape index (κ3) is 43.6. The molecule has 0 saturated carbocycles. The van der Waals surface area contributed by atoms with Crippen LogP contribution < -0.4 is 0 Å². The molecule has 2 atom stereocenters. The summed E-state index contributed by atoms with van der Waals surface area (Å²) in [5.74, 6) is -0.815. The summed E-state index contributed by atoms with van der Waals surface area (Å²) in [4.78, 5) is 37.1. The molecular weight excluding hydrogens is 737 g/mol. The predicted octanol–water partition coefficient (Wildman–Crippen LogP) is 13.5. The van der Waals surface area contributed by atoms with Gasteiger partial charge in [-0.3, -0.25) is 18.6 Å². The van der Waals surface area contributed by atoms with Gasteiger partial charge in [0.15, 0.2) is 6.10 Å². The Morgan fingerprint density at radius 1 is 0.561 bits per heavy atom. The summed E-state index contributed by atoms with van der Waals surface area (Å²) >= 11 is 0. The molecule has 0 aromatic rings. The molecule has 0 saturated heterocycles. The van der Waals surface area contributed by atoms with Gasteiger partial charge in [-0.25, -0.2) is 4.57 Å². The number of hydrogen-bond donors (Lipinski definition) is 1. The van der Waals surface area contributed by atoms with Gasteiger partial charge in [-0.05, 0) is 59.0 Å². The van der Waals surface area contributed by atoms with Crippen LogP contribution in [0.1, 0.15) is 206 Å².